The Hall–Kier alpha value is -0.580. The molecular weight excluding hydrogens is 294 g/mol. The highest BCUT2D eigenvalue weighted by molar-refractivity contribution is 9.10. The van der Waals surface area contributed by atoms with E-state index in [1.54, 1.807) is 0 Å². The Morgan fingerprint density at radius 3 is 3.00 bits per heavy atom. The summed E-state index contributed by atoms with van der Waals surface area (Å²) in [5.74, 6) is 0.893. The molecule has 1 aromatic rings. The second-order valence-electron chi connectivity index (χ2n) is 4.64. The monoisotopic (exact) mass is 313 g/mol. The molecule has 2 rings (SSSR count). The van der Waals surface area contributed by atoms with Gasteiger partial charge in [0.2, 0.25) is 0 Å². The van der Waals surface area contributed by atoms with Gasteiger partial charge in [0.25, 0.3) is 0 Å². The predicted octanol–water partition coefficient (Wildman–Crippen LogP) is 3.29. The lowest BCUT2D eigenvalue weighted by Crippen LogP contribution is -2.16. The van der Waals surface area contributed by atoms with Crippen molar-refractivity contribution < 1.29 is 9.47 Å². The van der Waals surface area contributed by atoms with Crippen LogP contribution in [0.4, 0.5) is 0 Å². The first-order chi connectivity index (χ1) is 8.70. The lowest BCUT2D eigenvalue weighted by molar-refractivity contribution is 0.0679. The van der Waals surface area contributed by atoms with Crippen LogP contribution in [0, 0.1) is 0 Å². The van der Waals surface area contributed by atoms with Crippen molar-refractivity contribution in [2.45, 2.75) is 31.9 Å². The van der Waals surface area contributed by atoms with Crippen molar-refractivity contribution in [1.29, 1.82) is 0 Å². The zero-order valence-electron chi connectivity index (χ0n) is 10.9. The third kappa shape index (κ3) is 3.46. The summed E-state index contributed by atoms with van der Waals surface area (Å²) in [5.41, 5.74) is 1.24. The van der Waals surface area contributed by atoms with Gasteiger partial charge in [0.1, 0.15) is 12.4 Å². The van der Waals surface area contributed by atoms with E-state index in [-0.39, 0.29) is 6.10 Å². The van der Waals surface area contributed by atoms with Gasteiger partial charge < -0.3 is 14.8 Å². The lowest BCUT2D eigenvalue weighted by Gasteiger charge is -2.15. The molecule has 1 heterocycles. The molecular formula is C14H20BrNO2. The minimum Gasteiger partial charge on any atom is -0.491 e. The molecule has 1 saturated heterocycles. The highest BCUT2D eigenvalue weighted by Crippen LogP contribution is 2.28. The van der Waals surface area contributed by atoms with Crippen LogP contribution in [-0.2, 0) is 4.74 Å². The minimum atomic E-state index is 0.264. The summed E-state index contributed by atoms with van der Waals surface area (Å²) in [5, 5.41) is 3.23. The molecule has 18 heavy (non-hydrogen) atoms. The summed E-state index contributed by atoms with van der Waals surface area (Å²) in [4.78, 5) is 0. The zero-order valence-corrected chi connectivity index (χ0v) is 12.5. The first-order valence-electron chi connectivity index (χ1n) is 6.42. The minimum absolute atomic E-state index is 0.264. The smallest absolute Gasteiger partial charge is 0.120 e. The van der Waals surface area contributed by atoms with Crippen LogP contribution in [-0.4, -0.2) is 26.4 Å². The number of halogens is 1. The van der Waals surface area contributed by atoms with Gasteiger partial charge in [-0.25, -0.2) is 0 Å². The largest absolute Gasteiger partial charge is 0.491 e. The van der Waals surface area contributed by atoms with Crippen LogP contribution < -0.4 is 10.1 Å². The molecule has 4 heteroatoms. The van der Waals surface area contributed by atoms with Gasteiger partial charge in [0.15, 0.2) is 0 Å². The third-order valence-electron chi connectivity index (χ3n) is 3.33. The first-order valence-corrected chi connectivity index (χ1v) is 7.21. The molecule has 0 saturated carbocycles. The Bertz CT molecular complexity index is 391. The van der Waals surface area contributed by atoms with Gasteiger partial charge in [-0.15, -0.1) is 0 Å². The summed E-state index contributed by atoms with van der Waals surface area (Å²) >= 11 is 3.59. The topological polar surface area (TPSA) is 30.5 Å². The summed E-state index contributed by atoms with van der Waals surface area (Å²) in [6.07, 6.45) is 2.52. The van der Waals surface area contributed by atoms with Gasteiger partial charge in [0.05, 0.1) is 6.10 Å². The fourth-order valence-electron chi connectivity index (χ4n) is 2.07. The van der Waals surface area contributed by atoms with Crippen molar-refractivity contribution in [2.75, 3.05) is 20.3 Å². The quantitative estimate of drug-likeness (QED) is 0.905. The molecule has 1 aliphatic heterocycles. The zero-order chi connectivity index (χ0) is 13.0. The van der Waals surface area contributed by atoms with Crippen LogP contribution in [0.15, 0.2) is 22.7 Å². The predicted molar refractivity (Wildman–Crippen MR) is 76.1 cm³/mol. The van der Waals surface area contributed by atoms with Gasteiger partial charge in [-0.05, 0) is 44.5 Å². The number of ether oxygens (including phenoxy) is 2. The molecule has 1 aromatic carbocycles. The molecule has 100 valence electrons. The Labute approximate surface area is 117 Å². The van der Waals surface area contributed by atoms with E-state index in [2.05, 4.69) is 34.2 Å². The van der Waals surface area contributed by atoms with Crippen LogP contribution in [0.1, 0.15) is 31.4 Å². The van der Waals surface area contributed by atoms with Crippen molar-refractivity contribution in [3.8, 4) is 5.75 Å². The average molecular weight is 314 g/mol. The van der Waals surface area contributed by atoms with Gasteiger partial charge in [-0.3, -0.25) is 0 Å². The molecule has 0 aromatic heterocycles. The van der Waals surface area contributed by atoms with Crippen molar-refractivity contribution in [1.82, 2.24) is 5.32 Å². The van der Waals surface area contributed by atoms with Gasteiger partial charge in [-0.1, -0.05) is 22.0 Å². The normalized spacial score (nSPS) is 20.9. The lowest BCUT2D eigenvalue weighted by atomic mass is 10.1. The maximum atomic E-state index is 5.76. The van der Waals surface area contributed by atoms with E-state index < -0.39 is 0 Å². The highest BCUT2D eigenvalue weighted by atomic mass is 79.9. The standard InChI is InChI=1S/C14H20BrNO2/c1-10(16-2)13-6-5-11(8-14(13)15)18-9-12-4-3-7-17-12/h5-6,8,10,12,16H,3-4,7,9H2,1-2H3. The van der Waals surface area contributed by atoms with Gasteiger partial charge in [0, 0.05) is 17.1 Å². The van der Waals surface area contributed by atoms with E-state index in [0.29, 0.717) is 12.6 Å². The van der Waals surface area contributed by atoms with E-state index >= 15 is 0 Å². The van der Waals surface area contributed by atoms with Crippen molar-refractivity contribution in [3.63, 3.8) is 0 Å². The molecule has 2 atom stereocenters. The van der Waals surface area contributed by atoms with Crippen LogP contribution in [0.5, 0.6) is 5.75 Å². The molecule has 3 nitrogen and oxygen atoms in total. The average Bonchev–Trinajstić information content (AvgIpc) is 2.88. The Balaban J connectivity index is 1.95. The third-order valence-corrected chi connectivity index (χ3v) is 4.02. The second-order valence-corrected chi connectivity index (χ2v) is 5.49. The number of hydrogen-bond acceptors (Lipinski definition) is 3. The van der Waals surface area contributed by atoms with E-state index in [1.807, 2.05) is 19.2 Å². The van der Waals surface area contributed by atoms with E-state index in [1.165, 1.54) is 5.56 Å². The molecule has 1 fully saturated rings. The SMILES string of the molecule is CNC(C)c1ccc(OCC2CCCO2)cc1Br. The maximum absolute atomic E-state index is 5.76. The van der Waals surface area contributed by atoms with Crippen molar-refractivity contribution >= 4 is 15.9 Å². The summed E-state index contributed by atoms with van der Waals surface area (Å²) in [6, 6.07) is 6.46. The second kappa shape index (κ2) is 6.55. The molecule has 0 spiro atoms. The van der Waals surface area contributed by atoms with Crippen LogP contribution in [0.2, 0.25) is 0 Å². The number of nitrogens with one attached hydrogen (secondary N) is 1. The molecule has 1 N–H and O–H groups in total. The van der Waals surface area contributed by atoms with Crippen LogP contribution in [0.3, 0.4) is 0 Å². The fraction of sp³-hybridized carbons (Fsp3) is 0.571. The summed E-state index contributed by atoms with van der Waals surface area (Å²) in [6.45, 7) is 3.65. The Morgan fingerprint density at radius 1 is 1.56 bits per heavy atom. The highest BCUT2D eigenvalue weighted by Gasteiger charge is 2.16. The van der Waals surface area contributed by atoms with E-state index in [9.17, 15) is 0 Å². The molecule has 0 radical (unpaired) electrons. The van der Waals surface area contributed by atoms with Crippen LogP contribution in [0.25, 0.3) is 0 Å². The number of rotatable bonds is 5. The van der Waals surface area contributed by atoms with E-state index in [0.717, 1.165) is 29.7 Å². The van der Waals surface area contributed by atoms with E-state index in [4.69, 9.17) is 9.47 Å². The van der Waals surface area contributed by atoms with Crippen molar-refractivity contribution in [3.05, 3.63) is 28.2 Å². The van der Waals surface area contributed by atoms with Crippen molar-refractivity contribution in [2.24, 2.45) is 0 Å². The van der Waals surface area contributed by atoms with Crippen LogP contribution >= 0.6 is 15.9 Å². The molecule has 0 aliphatic carbocycles. The first kappa shape index (κ1) is 13.8. The van der Waals surface area contributed by atoms with Gasteiger partial charge >= 0.3 is 0 Å². The number of hydrogen-bond donors (Lipinski definition) is 1. The molecule has 2 unspecified atom stereocenters. The molecule has 0 bridgehead atoms. The molecule has 1 aliphatic rings. The Kier molecular flexibility index (Phi) is 5.03. The Morgan fingerprint density at radius 2 is 2.39 bits per heavy atom. The fourth-order valence-corrected chi connectivity index (χ4v) is 2.77. The maximum Gasteiger partial charge on any atom is 0.120 e. The summed E-state index contributed by atoms with van der Waals surface area (Å²) in [7, 11) is 1.96. The summed E-state index contributed by atoms with van der Waals surface area (Å²) < 4.78 is 12.4. The molecule has 0 amide bonds. The van der Waals surface area contributed by atoms with Gasteiger partial charge in [-0.2, -0.15) is 0 Å². The number of benzene rings is 1.